The van der Waals surface area contributed by atoms with E-state index in [1.165, 1.54) is 18.9 Å². The number of benzene rings is 2. The molecule has 4 rings (SSSR count). The largest absolute Gasteiger partial charge is 0.466 e. The van der Waals surface area contributed by atoms with Crippen LogP contribution < -0.4 is 10.9 Å². The number of aromatic nitrogens is 2. The van der Waals surface area contributed by atoms with E-state index in [4.69, 9.17) is 27.9 Å². The van der Waals surface area contributed by atoms with E-state index in [0.717, 1.165) is 5.56 Å². The maximum absolute atomic E-state index is 13.2. The lowest BCUT2D eigenvalue weighted by Gasteiger charge is -2.28. The number of rotatable bonds is 5. The number of nitrogens with zero attached hydrogens (tertiary/aromatic N) is 1. The molecule has 2 N–H and O–H groups in total. The Morgan fingerprint density at radius 3 is 2.59 bits per heavy atom. The highest BCUT2D eigenvalue weighted by molar-refractivity contribution is 7.98. The van der Waals surface area contributed by atoms with Crippen LogP contribution in [0.25, 0.3) is 0 Å². The molecule has 0 amide bonds. The van der Waals surface area contributed by atoms with Gasteiger partial charge in [0.25, 0.3) is 5.56 Å². The number of allylic oxidation sites excluding steroid dienone is 1. The van der Waals surface area contributed by atoms with Gasteiger partial charge in [-0.2, -0.15) is 0 Å². The molecule has 0 fully saturated rings. The highest BCUT2D eigenvalue weighted by atomic mass is 35.5. The molecule has 0 aliphatic carbocycles. The van der Waals surface area contributed by atoms with Gasteiger partial charge in [-0.05, 0) is 30.2 Å². The maximum Gasteiger partial charge on any atom is 0.336 e. The second-order valence-corrected chi connectivity index (χ2v) is 8.95. The lowest BCUT2D eigenvalue weighted by Crippen LogP contribution is -2.31. The lowest BCUT2D eigenvalue weighted by atomic mass is 9.82. The molecule has 2 heterocycles. The first-order valence-electron chi connectivity index (χ1n) is 9.71. The monoisotopic (exact) mass is 487 g/mol. The van der Waals surface area contributed by atoms with Gasteiger partial charge >= 0.3 is 5.97 Å². The first-order valence-corrected chi connectivity index (χ1v) is 11.4. The number of methoxy groups -OCH3 is 1. The van der Waals surface area contributed by atoms with Gasteiger partial charge in [0.15, 0.2) is 5.16 Å². The molecule has 0 bridgehead atoms. The van der Waals surface area contributed by atoms with Gasteiger partial charge in [-0.15, -0.1) is 0 Å². The van der Waals surface area contributed by atoms with Crippen molar-refractivity contribution in [1.82, 2.24) is 9.97 Å². The summed E-state index contributed by atoms with van der Waals surface area (Å²) in [6.07, 6.45) is 0. The molecular weight excluding hydrogens is 469 g/mol. The van der Waals surface area contributed by atoms with Gasteiger partial charge in [-0.25, -0.2) is 9.78 Å². The van der Waals surface area contributed by atoms with E-state index in [1.807, 2.05) is 30.3 Å². The van der Waals surface area contributed by atoms with Crippen molar-refractivity contribution in [3.8, 4) is 0 Å². The smallest absolute Gasteiger partial charge is 0.336 e. The molecule has 1 aliphatic heterocycles. The quantitative estimate of drug-likeness (QED) is 0.285. The Morgan fingerprint density at radius 2 is 1.91 bits per heavy atom. The van der Waals surface area contributed by atoms with Gasteiger partial charge in [0.1, 0.15) is 5.82 Å². The molecule has 1 aliphatic rings. The number of H-pyrrole nitrogens is 1. The number of esters is 1. The van der Waals surface area contributed by atoms with Crippen LogP contribution in [0.4, 0.5) is 5.82 Å². The molecule has 6 nitrogen and oxygen atoms in total. The molecule has 1 atom stereocenters. The van der Waals surface area contributed by atoms with Crippen LogP contribution in [0.2, 0.25) is 10.0 Å². The van der Waals surface area contributed by atoms with Crippen molar-refractivity contribution in [2.24, 2.45) is 0 Å². The number of thioether (sulfide) groups is 1. The van der Waals surface area contributed by atoms with Gasteiger partial charge in [-0.3, -0.25) is 4.79 Å². The van der Waals surface area contributed by atoms with E-state index in [1.54, 1.807) is 25.1 Å². The van der Waals surface area contributed by atoms with Crippen LogP contribution in [0.5, 0.6) is 0 Å². The Morgan fingerprint density at radius 1 is 1.16 bits per heavy atom. The standard InChI is InChI=1S/C23H19Cl2N3O3S/c1-12-17(22(30)31-2)18(14-8-9-15(24)16(25)10-14)19-20(26-12)27-23(28-21(19)29)32-11-13-6-4-3-5-7-13/h3-10,18H,11H2,1-2H3,(H2,26,27,28,29). The van der Waals surface area contributed by atoms with Gasteiger partial charge in [0.2, 0.25) is 0 Å². The third-order valence-corrected chi connectivity index (χ3v) is 6.80. The van der Waals surface area contributed by atoms with E-state index in [9.17, 15) is 9.59 Å². The summed E-state index contributed by atoms with van der Waals surface area (Å²) in [7, 11) is 1.30. The average Bonchev–Trinajstić information content (AvgIpc) is 2.78. The second-order valence-electron chi connectivity index (χ2n) is 7.17. The van der Waals surface area contributed by atoms with Crippen molar-refractivity contribution in [2.45, 2.75) is 23.8 Å². The number of hydrogen-bond acceptors (Lipinski definition) is 6. The number of halogens is 2. The molecule has 32 heavy (non-hydrogen) atoms. The zero-order chi connectivity index (χ0) is 22.8. The van der Waals surface area contributed by atoms with Gasteiger partial charge in [0.05, 0.1) is 34.2 Å². The zero-order valence-corrected chi connectivity index (χ0v) is 19.6. The fourth-order valence-corrected chi connectivity index (χ4v) is 4.75. The Labute approximate surface area is 199 Å². The summed E-state index contributed by atoms with van der Waals surface area (Å²) in [4.78, 5) is 33.3. The van der Waals surface area contributed by atoms with E-state index < -0.39 is 11.9 Å². The molecule has 1 unspecified atom stereocenters. The number of nitrogens with one attached hydrogen (secondary N) is 2. The van der Waals surface area contributed by atoms with Crippen molar-refractivity contribution >= 4 is 46.8 Å². The number of aromatic amines is 1. The first-order chi connectivity index (χ1) is 15.4. The van der Waals surface area contributed by atoms with E-state index >= 15 is 0 Å². The number of anilines is 1. The van der Waals surface area contributed by atoms with Crippen molar-refractivity contribution in [3.05, 3.63) is 96.9 Å². The average molecular weight is 488 g/mol. The molecular formula is C23H19Cl2N3O3S. The number of fused-ring (bicyclic) bond motifs is 1. The van der Waals surface area contributed by atoms with Crippen LogP contribution in [0.1, 0.15) is 29.5 Å². The fourth-order valence-electron chi connectivity index (χ4n) is 3.63. The molecule has 0 spiro atoms. The first kappa shape index (κ1) is 22.5. The Balaban J connectivity index is 1.79. The third-order valence-electron chi connectivity index (χ3n) is 5.12. The highest BCUT2D eigenvalue weighted by Gasteiger charge is 2.36. The Bertz CT molecular complexity index is 1280. The minimum atomic E-state index is -0.710. The summed E-state index contributed by atoms with van der Waals surface area (Å²) < 4.78 is 5.00. The van der Waals surface area contributed by atoms with Crippen molar-refractivity contribution in [2.75, 3.05) is 12.4 Å². The third kappa shape index (κ3) is 4.41. The predicted octanol–water partition coefficient (Wildman–Crippen LogP) is 5.37. The van der Waals surface area contributed by atoms with Crippen LogP contribution >= 0.6 is 35.0 Å². The molecule has 2 aromatic carbocycles. The topological polar surface area (TPSA) is 84.1 Å². The summed E-state index contributed by atoms with van der Waals surface area (Å²) in [5, 5.41) is 4.29. The summed E-state index contributed by atoms with van der Waals surface area (Å²) in [5.41, 5.74) is 2.59. The van der Waals surface area contributed by atoms with Crippen molar-refractivity contribution in [1.29, 1.82) is 0 Å². The number of hydrogen-bond donors (Lipinski definition) is 2. The van der Waals surface area contributed by atoms with Gasteiger partial charge < -0.3 is 15.0 Å². The van der Waals surface area contributed by atoms with Crippen molar-refractivity contribution in [3.63, 3.8) is 0 Å². The summed E-state index contributed by atoms with van der Waals surface area (Å²) in [6.45, 7) is 1.75. The van der Waals surface area contributed by atoms with Gasteiger partial charge in [-0.1, -0.05) is 71.4 Å². The van der Waals surface area contributed by atoms with E-state index in [-0.39, 0.29) is 5.56 Å². The minimum absolute atomic E-state index is 0.315. The van der Waals surface area contributed by atoms with E-state index in [2.05, 4.69) is 15.3 Å². The van der Waals surface area contributed by atoms with E-state index in [0.29, 0.717) is 49.2 Å². The minimum Gasteiger partial charge on any atom is -0.466 e. The highest BCUT2D eigenvalue weighted by Crippen LogP contribution is 2.41. The second kappa shape index (κ2) is 9.40. The molecule has 0 radical (unpaired) electrons. The molecule has 164 valence electrons. The van der Waals surface area contributed by atoms with Crippen LogP contribution in [-0.2, 0) is 15.3 Å². The summed E-state index contributed by atoms with van der Waals surface area (Å²) >= 11 is 13.7. The Hall–Kier alpha value is -2.74. The molecule has 1 aromatic heterocycles. The van der Waals surface area contributed by atoms with Crippen molar-refractivity contribution < 1.29 is 9.53 Å². The fraction of sp³-hybridized carbons (Fsp3) is 0.174. The van der Waals surface area contributed by atoms with Crippen LogP contribution in [0.15, 0.2) is 69.8 Å². The van der Waals surface area contributed by atoms with Crippen LogP contribution in [-0.4, -0.2) is 23.0 Å². The van der Waals surface area contributed by atoms with Crippen LogP contribution in [0, 0.1) is 0 Å². The number of ether oxygens (including phenoxy) is 1. The van der Waals surface area contributed by atoms with Crippen LogP contribution in [0.3, 0.4) is 0 Å². The maximum atomic E-state index is 13.2. The number of carbonyl (C=O) groups excluding carboxylic acids is 1. The van der Waals surface area contributed by atoms with Gasteiger partial charge in [0, 0.05) is 11.4 Å². The SMILES string of the molecule is COC(=O)C1=C(C)Nc2nc(SCc3ccccc3)[nH]c(=O)c2C1c1ccc(Cl)c(Cl)c1. The number of carbonyl (C=O) groups is 1. The molecule has 0 saturated carbocycles. The lowest BCUT2D eigenvalue weighted by molar-refractivity contribution is -0.136. The Kier molecular flexibility index (Phi) is 6.60. The summed E-state index contributed by atoms with van der Waals surface area (Å²) in [6, 6.07) is 14.9. The zero-order valence-electron chi connectivity index (χ0n) is 17.2. The molecule has 0 saturated heterocycles. The summed E-state index contributed by atoms with van der Waals surface area (Å²) in [5.74, 6) is -0.205. The molecule has 3 aromatic rings. The normalized spacial score (nSPS) is 15.2. The molecule has 9 heteroatoms. The predicted molar refractivity (Wildman–Crippen MR) is 128 cm³/mol.